The van der Waals surface area contributed by atoms with Crippen LogP contribution in [-0.2, 0) is 16.1 Å². The molecule has 0 atom stereocenters. The second-order valence-corrected chi connectivity index (χ2v) is 11.7. The van der Waals surface area contributed by atoms with Crippen LogP contribution in [0.25, 0.3) is 10.7 Å². The predicted octanol–water partition coefficient (Wildman–Crippen LogP) is 6.31. The van der Waals surface area contributed by atoms with E-state index in [1.165, 1.54) is 23.1 Å². The average Bonchev–Trinajstić information content (AvgIpc) is 3.68. The quantitative estimate of drug-likeness (QED) is 0.151. The predicted molar refractivity (Wildman–Crippen MR) is 161 cm³/mol. The Hall–Kier alpha value is -3.57. The summed E-state index contributed by atoms with van der Waals surface area (Å²) in [5, 5.41) is 14.3. The normalized spacial score (nSPS) is 11.0. The van der Waals surface area contributed by atoms with Crippen LogP contribution in [0.4, 0.5) is 11.4 Å². The third-order valence-electron chi connectivity index (χ3n) is 5.97. The molecule has 0 fully saturated rings. The van der Waals surface area contributed by atoms with Crippen LogP contribution in [0.2, 0.25) is 10.0 Å². The van der Waals surface area contributed by atoms with Crippen molar-refractivity contribution in [2.75, 3.05) is 16.4 Å². The summed E-state index contributed by atoms with van der Waals surface area (Å²) < 4.78 is 5.42. The Balaban J connectivity index is 1.45. The standard InChI is InChI=1S/C28H24Cl2N6O2S2/c1-18-7-9-20(29)14-22(18)31-25(37)16-35-27(24-6-5-13-39-24)36(34-11-3-4-12-34)28(33-35)40-17-26(38)32-23-15-21(30)10-8-19(23)2/h3-15H,16-17H2,1-2H3,(H-,31,32,37,38)/p+1. The van der Waals surface area contributed by atoms with Gasteiger partial charge < -0.3 is 10.6 Å². The number of halogens is 2. The Labute approximate surface area is 249 Å². The van der Waals surface area contributed by atoms with Gasteiger partial charge in [0.25, 0.3) is 5.91 Å². The number of anilines is 2. The summed E-state index contributed by atoms with van der Waals surface area (Å²) in [6.07, 6.45) is 3.77. The molecule has 0 saturated carbocycles. The molecule has 0 aliphatic heterocycles. The molecule has 2 amide bonds. The van der Waals surface area contributed by atoms with E-state index in [2.05, 4.69) is 10.6 Å². The number of hydrogen-bond donors (Lipinski definition) is 2. The summed E-state index contributed by atoms with van der Waals surface area (Å²) in [6.45, 7) is 3.76. The van der Waals surface area contributed by atoms with Gasteiger partial charge in [0.05, 0.1) is 5.75 Å². The van der Waals surface area contributed by atoms with Gasteiger partial charge in [0, 0.05) is 33.8 Å². The number of carbonyl (C=O) groups excluding carboxylic acids is 2. The van der Waals surface area contributed by atoms with E-state index in [0.29, 0.717) is 32.4 Å². The number of benzene rings is 2. The summed E-state index contributed by atoms with van der Waals surface area (Å²) in [5.74, 6) is 0.354. The highest BCUT2D eigenvalue weighted by Crippen LogP contribution is 2.28. The van der Waals surface area contributed by atoms with Crippen LogP contribution in [-0.4, -0.2) is 32.0 Å². The molecule has 0 unspecified atom stereocenters. The molecule has 12 heteroatoms. The minimum atomic E-state index is -0.254. The van der Waals surface area contributed by atoms with E-state index in [4.69, 9.17) is 28.3 Å². The summed E-state index contributed by atoms with van der Waals surface area (Å²) in [4.78, 5) is 27.0. The topological polar surface area (TPSA) is 84.8 Å². The number of nitrogens with one attached hydrogen (secondary N) is 2. The summed E-state index contributed by atoms with van der Waals surface area (Å²) in [6, 6.07) is 18.4. The second kappa shape index (κ2) is 12.3. The van der Waals surface area contributed by atoms with Crippen LogP contribution in [0.3, 0.4) is 0 Å². The molecule has 2 aromatic carbocycles. The van der Waals surface area contributed by atoms with E-state index in [9.17, 15) is 9.59 Å². The summed E-state index contributed by atoms with van der Waals surface area (Å²) in [5.41, 5.74) is 3.11. The summed E-state index contributed by atoms with van der Waals surface area (Å²) >= 11 is 15.1. The molecule has 204 valence electrons. The molecule has 0 bridgehead atoms. The fourth-order valence-corrected chi connectivity index (χ4v) is 5.89. The lowest BCUT2D eigenvalue weighted by Gasteiger charge is -2.08. The maximum atomic E-state index is 13.2. The minimum Gasteiger partial charge on any atom is -0.325 e. The molecule has 40 heavy (non-hydrogen) atoms. The smallest absolute Gasteiger partial charge is 0.325 e. The second-order valence-electron chi connectivity index (χ2n) is 8.92. The number of amides is 2. The van der Waals surface area contributed by atoms with Crippen LogP contribution in [0.5, 0.6) is 0 Å². The number of rotatable bonds is 9. The maximum Gasteiger partial charge on any atom is 0.346 e. The zero-order valence-corrected chi connectivity index (χ0v) is 24.7. The van der Waals surface area contributed by atoms with Crippen molar-refractivity contribution in [2.24, 2.45) is 0 Å². The van der Waals surface area contributed by atoms with Crippen molar-refractivity contribution in [2.45, 2.75) is 25.5 Å². The van der Waals surface area contributed by atoms with Crippen LogP contribution in [0.15, 0.2) is 83.6 Å². The van der Waals surface area contributed by atoms with Crippen molar-refractivity contribution in [3.63, 3.8) is 0 Å². The maximum absolute atomic E-state index is 13.2. The van der Waals surface area contributed by atoms with Gasteiger partial charge in [-0.2, -0.15) is 4.68 Å². The number of thiophene rings is 1. The SMILES string of the molecule is Cc1ccc(Cl)cc1NC(=O)CSc1n[n+](CC(=O)Nc2cc(Cl)ccc2C)c(-c2cccs2)n1-n1cccc1. The van der Waals surface area contributed by atoms with Gasteiger partial charge in [0.2, 0.25) is 5.91 Å². The number of carbonyl (C=O) groups is 2. The molecule has 8 nitrogen and oxygen atoms in total. The van der Waals surface area contributed by atoms with Crippen molar-refractivity contribution in [1.29, 1.82) is 0 Å². The van der Waals surface area contributed by atoms with Crippen molar-refractivity contribution in [3.05, 3.63) is 99.6 Å². The van der Waals surface area contributed by atoms with E-state index >= 15 is 0 Å². The lowest BCUT2D eigenvalue weighted by atomic mass is 10.2. The van der Waals surface area contributed by atoms with Gasteiger partial charge in [0.1, 0.15) is 4.88 Å². The molecule has 0 radical (unpaired) electrons. The van der Waals surface area contributed by atoms with Crippen molar-refractivity contribution >= 4 is 69.5 Å². The van der Waals surface area contributed by atoms with Gasteiger partial charge in [-0.15, -0.1) is 16.0 Å². The number of thioether (sulfide) groups is 1. The molecule has 5 aromatic rings. The Morgan fingerprint density at radius 3 is 2.15 bits per heavy atom. The third kappa shape index (κ3) is 6.42. The first-order valence-corrected chi connectivity index (χ1v) is 14.9. The Morgan fingerprint density at radius 2 is 1.55 bits per heavy atom. The average molecular weight is 613 g/mol. The number of hydrogen-bond acceptors (Lipinski definition) is 5. The molecule has 0 aliphatic carbocycles. The Morgan fingerprint density at radius 1 is 0.925 bits per heavy atom. The van der Waals surface area contributed by atoms with E-state index in [-0.39, 0.29) is 24.1 Å². The van der Waals surface area contributed by atoms with E-state index in [0.717, 1.165) is 16.0 Å². The number of aryl methyl sites for hydroxylation is 2. The highest BCUT2D eigenvalue weighted by molar-refractivity contribution is 7.99. The molecule has 0 aliphatic rings. The van der Waals surface area contributed by atoms with Crippen molar-refractivity contribution in [3.8, 4) is 10.7 Å². The zero-order valence-electron chi connectivity index (χ0n) is 21.6. The molecular formula is C28H25Cl2N6O2S2+. The first kappa shape index (κ1) is 28.0. The third-order valence-corrected chi connectivity index (χ3v) is 8.22. The Bertz CT molecular complexity index is 1670. The lowest BCUT2D eigenvalue weighted by Crippen LogP contribution is -2.44. The molecule has 3 aromatic heterocycles. The van der Waals surface area contributed by atoms with Gasteiger partial charge in [-0.3, -0.25) is 9.59 Å². The van der Waals surface area contributed by atoms with Crippen LogP contribution < -0.4 is 15.3 Å². The number of nitrogens with zero attached hydrogens (tertiary/aromatic N) is 4. The van der Waals surface area contributed by atoms with E-state index in [1.54, 1.807) is 28.9 Å². The molecule has 3 heterocycles. The lowest BCUT2D eigenvalue weighted by molar-refractivity contribution is -0.731. The van der Waals surface area contributed by atoms with Crippen LogP contribution in [0, 0.1) is 13.8 Å². The fourth-order valence-electron chi connectivity index (χ4n) is 4.00. The number of aromatic nitrogens is 4. The van der Waals surface area contributed by atoms with Gasteiger partial charge in [-0.25, -0.2) is 0 Å². The minimum absolute atomic E-state index is 0.0467. The highest BCUT2D eigenvalue weighted by atomic mass is 35.5. The van der Waals surface area contributed by atoms with Gasteiger partial charge in [-0.1, -0.05) is 46.1 Å². The molecule has 0 spiro atoms. The van der Waals surface area contributed by atoms with Gasteiger partial charge >= 0.3 is 11.0 Å². The molecule has 5 rings (SSSR count). The fraction of sp³-hybridized carbons (Fsp3) is 0.143. The first-order valence-electron chi connectivity index (χ1n) is 12.2. The monoisotopic (exact) mass is 611 g/mol. The molecular weight excluding hydrogens is 587 g/mol. The van der Waals surface area contributed by atoms with Crippen molar-refractivity contribution < 1.29 is 14.3 Å². The van der Waals surface area contributed by atoms with Gasteiger partial charge in [0.15, 0.2) is 6.54 Å². The van der Waals surface area contributed by atoms with Crippen molar-refractivity contribution in [1.82, 2.24) is 14.5 Å². The highest BCUT2D eigenvalue weighted by Gasteiger charge is 2.31. The van der Waals surface area contributed by atoms with Crippen LogP contribution in [0.1, 0.15) is 11.1 Å². The van der Waals surface area contributed by atoms with Gasteiger partial charge in [-0.05, 0) is 89.7 Å². The van der Waals surface area contributed by atoms with Crippen LogP contribution >= 0.6 is 46.3 Å². The summed E-state index contributed by atoms with van der Waals surface area (Å²) in [7, 11) is 0. The van der Waals surface area contributed by atoms with E-state index in [1.807, 2.05) is 77.4 Å². The largest absolute Gasteiger partial charge is 0.346 e. The first-order chi connectivity index (χ1) is 19.3. The van der Waals surface area contributed by atoms with E-state index < -0.39 is 0 Å². The Kier molecular flexibility index (Phi) is 8.60. The zero-order chi connectivity index (χ0) is 28.2. The molecule has 2 N–H and O–H groups in total. The molecule has 0 saturated heterocycles.